The second-order valence-electron chi connectivity index (χ2n) is 5.42. The number of aliphatic hydroxyl groups excluding tert-OH is 1. The quantitative estimate of drug-likeness (QED) is 0.639. The first-order valence-corrected chi connectivity index (χ1v) is 7.36. The lowest BCUT2D eigenvalue weighted by Crippen LogP contribution is -2.37. The highest BCUT2D eigenvalue weighted by Gasteiger charge is 2.15. The van der Waals surface area contributed by atoms with E-state index in [4.69, 9.17) is 0 Å². The van der Waals surface area contributed by atoms with E-state index in [1.54, 1.807) is 0 Å². The van der Waals surface area contributed by atoms with Crippen LogP contribution in [-0.4, -0.2) is 48.3 Å². The minimum absolute atomic E-state index is 0.0431. The van der Waals surface area contributed by atoms with E-state index in [-0.39, 0.29) is 6.10 Å². The van der Waals surface area contributed by atoms with Gasteiger partial charge in [0, 0.05) is 19.1 Å². The SMILES string of the molecule is CCCCC(C)NCCCN1CCC(O)CC1. The van der Waals surface area contributed by atoms with Gasteiger partial charge in [-0.3, -0.25) is 0 Å². The third-order valence-electron chi connectivity index (χ3n) is 3.69. The predicted octanol–water partition coefficient (Wildman–Crippen LogP) is 2.00. The molecule has 3 heteroatoms. The van der Waals surface area contributed by atoms with E-state index in [1.165, 1.54) is 32.2 Å². The fourth-order valence-electron chi connectivity index (χ4n) is 2.41. The largest absolute Gasteiger partial charge is 0.393 e. The fourth-order valence-corrected chi connectivity index (χ4v) is 2.41. The minimum atomic E-state index is -0.0431. The van der Waals surface area contributed by atoms with Crippen molar-refractivity contribution in [1.82, 2.24) is 10.2 Å². The summed E-state index contributed by atoms with van der Waals surface area (Å²) >= 11 is 0. The van der Waals surface area contributed by atoms with Crippen LogP contribution in [0.25, 0.3) is 0 Å². The molecule has 0 aliphatic carbocycles. The van der Waals surface area contributed by atoms with Gasteiger partial charge in [-0.25, -0.2) is 0 Å². The van der Waals surface area contributed by atoms with Crippen molar-refractivity contribution in [3.63, 3.8) is 0 Å². The average molecular weight is 242 g/mol. The lowest BCUT2D eigenvalue weighted by Gasteiger charge is -2.29. The Morgan fingerprint density at radius 2 is 2.00 bits per heavy atom. The Morgan fingerprint density at radius 1 is 1.29 bits per heavy atom. The molecule has 1 fully saturated rings. The van der Waals surface area contributed by atoms with Crippen LogP contribution in [0.3, 0.4) is 0 Å². The van der Waals surface area contributed by atoms with Crippen molar-refractivity contribution in [2.45, 2.75) is 64.5 Å². The van der Waals surface area contributed by atoms with Gasteiger partial charge in [-0.15, -0.1) is 0 Å². The van der Waals surface area contributed by atoms with E-state index in [0.29, 0.717) is 6.04 Å². The van der Waals surface area contributed by atoms with Crippen LogP contribution in [0.4, 0.5) is 0 Å². The molecule has 0 aromatic heterocycles. The molecule has 1 aliphatic heterocycles. The van der Waals surface area contributed by atoms with Gasteiger partial charge in [0.1, 0.15) is 0 Å². The van der Waals surface area contributed by atoms with E-state index in [9.17, 15) is 5.11 Å². The van der Waals surface area contributed by atoms with Gasteiger partial charge in [0.15, 0.2) is 0 Å². The van der Waals surface area contributed by atoms with Gasteiger partial charge in [0.2, 0.25) is 0 Å². The zero-order chi connectivity index (χ0) is 12.5. The van der Waals surface area contributed by atoms with Gasteiger partial charge < -0.3 is 15.3 Å². The summed E-state index contributed by atoms with van der Waals surface area (Å²) in [5, 5.41) is 13.0. The zero-order valence-electron chi connectivity index (χ0n) is 11.6. The molecule has 1 rings (SSSR count). The number of likely N-dealkylation sites (tertiary alicyclic amines) is 1. The molecule has 2 N–H and O–H groups in total. The lowest BCUT2D eigenvalue weighted by molar-refractivity contribution is 0.0820. The third-order valence-corrected chi connectivity index (χ3v) is 3.69. The Bertz CT molecular complexity index is 179. The first kappa shape index (κ1) is 14.9. The van der Waals surface area contributed by atoms with Crippen LogP contribution in [0.1, 0.15) is 52.4 Å². The van der Waals surface area contributed by atoms with Crippen molar-refractivity contribution in [1.29, 1.82) is 0 Å². The number of unbranched alkanes of at least 4 members (excludes halogenated alkanes) is 1. The Morgan fingerprint density at radius 3 is 2.65 bits per heavy atom. The Balaban J connectivity index is 1.93. The van der Waals surface area contributed by atoms with E-state index < -0.39 is 0 Å². The second-order valence-corrected chi connectivity index (χ2v) is 5.42. The normalized spacial score (nSPS) is 20.6. The standard InChI is InChI=1S/C14H30N2O/c1-3-4-6-13(2)15-9-5-10-16-11-7-14(17)8-12-16/h13-15,17H,3-12H2,1-2H3. The highest BCUT2D eigenvalue weighted by atomic mass is 16.3. The second kappa shape index (κ2) is 8.90. The minimum Gasteiger partial charge on any atom is -0.393 e. The molecule has 3 nitrogen and oxygen atoms in total. The Hall–Kier alpha value is -0.120. The van der Waals surface area contributed by atoms with Crippen LogP contribution in [0, 0.1) is 0 Å². The molecule has 102 valence electrons. The highest BCUT2D eigenvalue weighted by Crippen LogP contribution is 2.09. The maximum absolute atomic E-state index is 9.41. The van der Waals surface area contributed by atoms with Crippen LogP contribution in [0.2, 0.25) is 0 Å². The summed E-state index contributed by atoms with van der Waals surface area (Å²) in [5.74, 6) is 0. The molecule has 1 atom stereocenters. The fraction of sp³-hybridized carbons (Fsp3) is 1.00. The maximum atomic E-state index is 9.41. The summed E-state index contributed by atoms with van der Waals surface area (Å²) in [6.07, 6.45) is 7.03. The van der Waals surface area contributed by atoms with Crippen molar-refractivity contribution in [3.05, 3.63) is 0 Å². The predicted molar refractivity (Wildman–Crippen MR) is 73.3 cm³/mol. The molecular weight excluding hydrogens is 212 g/mol. The number of nitrogens with one attached hydrogen (secondary N) is 1. The summed E-state index contributed by atoms with van der Waals surface area (Å²) in [6.45, 7) is 8.99. The molecule has 1 saturated heterocycles. The number of piperidine rings is 1. The molecule has 1 aliphatic rings. The topological polar surface area (TPSA) is 35.5 Å². The van der Waals surface area contributed by atoms with E-state index in [0.717, 1.165) is 32.5 Å². The molecule has 17 heavy (non-hydrogen) atoms. The summed E-state index contributed by atoms with van der Waals surface area (Å²) in [7, 11) is 0. The first-order valence-electron chi connectivity index (χ1n) is 7.36. The van der Waals surface area contributed by atoms with Gasteiger partial charge in [0.05, 0.1) is 6.10 Å². The van der Waals surface area contributed by atoms with E-state index >= 15 is 0 Å². The molecule has 1 heterocycles. The van der Waals surface area contributed by atoms with Crippen molar-refractivity contribution >= 4 is 0 Å². The van der Waals surface area contributed by atoms with Crippen LogP contribution in [-0.2, 0) is 0 Å². The van der Waals surface area contributed by atoms with E-state index in [1.807, 2.05) is 0 Å². The molecule has 0 aromatic rings. The average Bonchev–Trinajstić information content (AvgIpc) is 2.34. The smallest absolute Gasteiger partial charge is 0.0564 e. The highest BCUT2D eigenvalue weighted by molar-refractivity contribution is 4.71. The molecule has 1 unspecified atom stereocenters. The van der Waals surface area contributed by atoms with Gasteiger partial charge >= 0.3 is 0 Å². The van der Waals surface area contributed by atoms with Gasteiger partial charge in [0.25, 0.3) is 0 Å². The molecule has 0 saturated carbocycles. The number of hydrogen-bond donors (Lipinski definition) is 2. The van der Waals surface area contributed by atoms with Crippen LogP contribution in [0.15, 0.2) is 0 Å². The molecule has 0 bridgehead atoms. The number of aliphatic hydroxyl groups is 1. The van der Waals surface area contributed by atoms with Crippen molar-refractivity contribution in [2.75, 3.05) is 26.2 Å². The maximum Gasteiger partial charge on any atom is 0.0564 e. The molecule has 0 aromatic carbocycles. The number of rotatable bonds is 8. The van der Waals surface area contributed by atoms with Gasteiger partial charge in [-0.05, 0) is 45.7 Å². The van der Waals surface area contributed by atoms with Crippen molar-refractivity contribution in [2.24, 2.45) is 0 Å². The lowest BCUT2D eigenvalue weighted by atomic mass is 10.1. The summed E-state index contributed by atoms with van der Waals surface area (Å²) in [6, 6.07) is 0.665. The van der Waals surface area contributed by atoms with Crippen LogP contribution < -0.4 is 5.32 Å². The monoisotopic (exact) mass is 242 g/mol. The summed E-state index contributed by atoms with van der Waals surface area (Å²) in [4.78, 5) is 2.48. The zero-order valence-corrected chi connectivity index (χ0v) is 11.6. The molecular formula is C14H30N2O. The van der Waals surface area contributed by atoms with Crippen molar-refractivity contribution in [3.8, 4) is 0 Å². The van der Waals surface area contributed by atoms with Crippen LogP contribution >= 0.6 is 0 Å². The van der Waals surface area contributed by atoms with Gasteiger partial charge in [-0.2, -0.15) is 0 Å². The van der Waals surface area contributed by atoms with Gasteiger partial charge in [-0.1, -0.05) is 19.8 Å². The number of nitrogens with zero attached hydrogens (tertiary/aromatic N) is 1. The molecule has 0 radical (unpaired) electrons. The third kappa shape index (κ3) is 7.02. The summed E-state index contributed by atoms with van der Waals surface area (Å²) in [5.41, 5.74) is 0. The molecule has 0 spiro atoms. The number of hydrogen-bond acceptors (Lipinski definition) is 3. The molecule has 0 amide bonds. The van der Waals surface area contributed by atoms with Crippen molar-refractivity contribution < 1.29 is 5.11 Å². The van der Waals surface area contributed by atoms with Crippen LogP contribution in [0.5, 0.6) is 0 Å². The first-order chi connectivity index (χ1) is 8.22. The summed E-state index contributed by atoms with van der Waals surface area (Å²) < 4.78 is 0. The Kier molecular flexibility index (Phi) is 7.82. The Labute approximate surface area is 107 Å². The van der Waals surface area contributed by atoms with E-state index in [2.05, 4.69) is 24.1 Å².